The monoisotopic (exact) mass is 418 g/mol. The van der Waals surface area contributed by atoms with Crippen molar-refractivity contribution in [2.75, 3.05) is 26.3 Å². The number of Topliss-reactive ketones (excluding diaryl/α,β-unsaturated/α-hetero) is 1. The van der Waals surface area contributed by atoms with Crippen molar-refractivity contribution in [3.63, 3.8) is 0 Å². The van der Waals surface area contributed by atoms with Crippen molar-refractivity contribution in [1.29, 1.82) is 0 Å². The van der Waals surface area contributed by atoms with Gasteiger partial charge in [-0.05, 0) is 84.9 Å². The summed E-state index contributed by atoms with van der Waals surface area (Å²) in [5.74, 6) is 0.298. The highest BCUT2D eigenvalue weighted by molar-refractivity contribution is 6.15. The molecule has 1 aliphatic heterocycles. The summed E-state index contributed by atoms with van der Waals surface area (Å²) in [6, 6.07) is 4.89. The van der Waals surface area contributed by atoms with Gasteiger partial charge in [-0.1, -0.05) is 30.4 Å². The highest BCUT2D eigenvalue weighted by Gasteiger charge is 2.31. The third-order valence-electron chi connectivity index (χ3n) is 7.02. The second-order valence-corrected chi connectivity index (χ2v) is 9.01. The van der Waals surface area contributed by atoms with E-state index in [0.29, 0.717) is 18.2 Å². The van der Waals surface area contributed by atoms with Gasteiger partial charge in [-0.15, -0.1) is 0 Å². The topological polar surface area (TPSA) is 65.2 Å². The summed E-state index contributed by atoms with van der Waals surface area (Å²) in [6.07, 6.45) is 14.9. The minimum absolute atomic E-state index is 0.293. The van der Waals surface area contributed by atoms with Crippen molar-refractivity contribution in [3.05, 3.63) is 58.2 Å². The van der Waals surface area contributed by atoms with Crippen LogP contribution in [0.5, 0.6) is 0 Å². The number of hydrogen-bond donors (Lipinski definition) is 4. The van der Waals surface area contributed by atoms with E-state index in [1.165, 1.54) is 46.2 Å². The fourth-order valence-corrected chi connectivity index (χ4v) is 5.47. The minimum atomic E-state index is 0.293. The summed E-state index contributed by atoms with van der Waals surface area (Å²) in [7, 11) is 0. The maximum atomic E-state index is 12.9. The molecule has 4 N–H and O–H groups in total. The smallest absolute Gasteiger partial charge is 0.167 e. The lowest BCUT2D eigenvalue weighted by Gasteiger charge is -2.32. The Morgan fingerprint density at radius 1 is 0.806 bits per heavy atom. The summed E-state index contributed by atoms with van der Waals surface area (Å²) in [4.78, 5) is 12.9. The second kappa shape index (κ2) is 9.61. The number of nitrogens with one attached hydrogen (secondary N) is 4. The number of fused-ring (bicyclic) bond motifs is 5. The number of hydrazine groups is 1. The largest absolute Gasteiger partial charge is 0.304 e. The summed E-state index contributed by atoms with van der Waals surface area (Å²) in [5.41, 5.74) is 15.6. The molecular formula is C26H34N4O. The van der Waals surface area contributed by atoms with Crippen LogP contribution in [0.15, 0.2) is 35.9 Å². The van der Waals surface area contributed by atoms with Gasteiger partial charge in [0.05, 0.1) is 0 Å². The highest BCUT2D eigenvalue weighted by atomic mass is 16.1. The van der Waals surface area contributed by atoms with Gasteiger partial charge in [0, 0.05) is 37.8 Å². The van der Waals surface area contributed by atoms with Gasteiger partial charge in [0.2, 0.25) is 0 Å². The Balaban J connectivity index is 1.45. The van der Waals surface area contributed by atoms with Gasteiger partial charge in [-0.2, -0.15) is 0 Å². The number of ketones is 1. The third-order valence-corrected chi connectivity index (χ3v) is 7.02. The van der Waals surface area contributed by atoms with Crippen molar-refractivity contribution in [1.82, 2.24) is 21.5 Å². The average Bonchev–Trinajstić information content (AvgIpc) is 2.79. The third kappa shape index (κ3) is 4.33. The summed E-state index contributed by atoms with van der Waals surface area (Å²) < 4.78 is 0. The van der Waals surface area contributed by atoms with Crippen LogP contribution in [0.3, 0.4) is 0 Å². The Morgan fingerprint density at radius 2 is 1.61 bits per heavy atom. The van der Waals surface area contributed by atoms with Crippen LogP contribution in [-0.2, 0) is 17.6 Å². The van der Waals surface area contributed by atoms with E-state index in [-0.39, 0.29) is 0 Å². The van der Waals surface area contributed by atoms with Gasteiger partial charge in [-0.25, -0.2) is 0 Å². The lowest BCUT2D eigenvalue weighted by molar-refractivity contribution is -0.114. The van der Waals surface area contributed by atoms with E-state index in [2.05, 4.69) is 51.8 Å². The number of carbonyl (C=O) groups excluding carboxylic acids is 1. The van der Waals surface area contributed by atoms with Gasteiger partial charge in [0.1, 0.15) is 0 Å². The van der Waals surface area contributed by atoms with Crippen molar-refractivity contribution < 1.29 is 4.79 Å². The van der Waals surface area contributed by atoms with Crippen LogP contribution in [0, 0.1) is 0 Å². The molecule has 0 radical (unpaired) electrons. The molecular weight excluding hydrogens is 384 g/mol. The van der Waals surface area contributed by atoms with Gasteiger partial charge in [0.25, 0.3) is 0 Å². The maximum absolute atomic E-state index is 12.9. The lowest BCUT2D eigenvalue weighted by Crippen LogP contribution is -2.43. The molecule has 0 aromatic heterocycles. The van der Waals surface area contributed by atoms with E-state index in [1.807, 2.05) is 0 Å². The van der Waals surface area contributed by atoms with Crippen LogP contribution in [0.2, 0.25) is 0 Å². The predicted octanol–water partition coefficient (Wildman–Crippen LogP) is 3.03. The first-order valence-corrected chi connectivity index (χ1v) is 12.0. The molecule has 0 spiro atoms. The van der Waals surface area contributed by atoms with Crippen LogP contribution in [0.25, 0.3) is 11.1 Å². The lowest BCUT2D eigenvalue weighted by atomic mass is 9.74. The van der Waals surface area contributed by atoms with Gasteiger partial charge in [0.15, 0.2) is 5.78 Å². The first-order chi connectivity index (χ1) is 15.3. The van der Waals surface area contributed by atoms with E-state index in [9.17, 15) is 4.79 Å². The molecule has 1 atom stereocenters. The SMILES string of the molecule is O=C1Cc2c(ccc3c2CCC=C3C2CCNNCCCCNCN2)C2=CCCC=C12. The number of benzene rings is 1. The Morgan fingerprint density at radius 3 is 2.55 bits per heavy atom. The zero-order chi connectivity index (χ0) is 21.0. The molecule has 164 valence electrons. The summed E-state index contributed by atoms with van der Waals surface area (Å²) in [5, 5.41) is 7.29. The highest BCUT2D eigenvalue weighted by Crippen LogP contribution is 2.42. The molecule has 1 aromatic carbocycles. The predicted molar refractivity (Wildman–Crippen MR) is 126 cm³/mol. The van der Waals surface area contributed by atoms with Crippen molar-refractivity contribution in [3.8, 4) is 0 Å². The molecule has 4 aliphatic rings. The fourth-order valence-electron chi connectivity index (χ4n) is 5.47. The van der Waals surface area contributed by atoms with Crippen LogP contribution in [0.4, 0.5) is 0 Å². The molecule has 0 bridgehead atoms. The fraction of sp³-hybridized carbons (Fsp3) is 0.500. The van der Waals surface area contributed by atoms with Crippen LogP contribution in [0.1, 0.15) is 60.8 Å². The Kier molecular flexibility index (Phi) is 6.46. The Bertz CT molecular complexity index is 931. The van der Waals surface area contributed by atoms with Crippen molar-refractivity contribution >= 4 is 16.9 Å². The van der Waals surface area contributed by atoms with Crippen LogP contribution < -0.4 is 21.5 Å². The van der Waals surface area contributed by atoms with E-state index >= 15 is 0 Å². The molecule has 5 rings (SSSR count). The molecule has 0 amide bonds. The maximum Gasteiger partial charge on any atom is 0.167 e. The molecule has 31 heavy (non-hydrogen) atoms. The first kappa shape index (κ1) is 20.8. The molecule has 3 aliphatic carbocycles. The molecule has 0 saturated carbocycles. The van der Waals surface area contributed by atoms with E-state index in [4.69, 9.17) is 0 Å². The van der Waals surface area contributed by atoms with E-state index < -0.39 is 0 Å². The normalized spacial score (nSPS) is 25.0. The zero-order valence-corrected chi connectivity index (χ0v) is 18.4. The molecule has 1 saturated heterocycles. The van der Waals surface area contributed by atoms with Gasteiger partial charge >= 0.3 is 0 Å². The average molecular weight is 419 g/mol. The second-order valence-electron chi connectivity index (χ2n) is 9.01. The summed E-state index contributed by atoms with van der Waals surface area (Å²) >= 11 is 0. The number of rotatable bonds is 1. The van der Waals surface area contributed by atoms with Crippen LogP contribution in [-0.4, -0.2) is 38.1 Å². The van der Waals surface area contributed by atoms with Gasteiger partial charge in [-0.3, -0.25) is 21.0 Å². The van der Waals surface area contributed by atoms with E-state index in [0.717, 1.165) is 64.0 Å². The molecule has 5 heteroatoms. The van der Waals surface area contributed by atoms with Crippen molar-refractivity contribution in [2.24, 2.45) is 0 Å². The molecule has 1 unspecified atom stereocenters. The summed E-state index contributed by atoms with van der Waals surface area (Å²) in [6.45, 7) is 3.80. The molecule has 5 nitrogen and oxygen atoms in total. The minimum Gasteiger partial charge on any atom is -0.304 e. The standard InChI is InChI=1S/C26H34N4O/c31-26-16-24-19-8-5-9-22(25-12-15-30-29-14-4-3-13-27-17-28-25)20(19)10-11-21(24)18-6-1-2-7-23(18)26/h6-7,9-11,25,27-30H,1-5,8,12-17H2. The molecule has 1 heterocycles. The van der Waals surface area contributed by atoms with Gasteiger partial charge < -0.3 is 5.32 Å². The first-order valence-electron chi connectivity index (χ1n) is 12.0. The molecule has 1 fully saturated rings. The molecule has 1 aromatic rings. The number of carbonyl (C=O) groups is 1. The van der Waals surface area contributed by atoms with Crippen LogP contribution >= 0.6 is 0 Å². The number of hydrogen-bond acceptors (Lipinski definition) is 5. The zero-order valence-electron chi connectivity index (χ0n) is 18.4. The van der Waals surface area contributed by atoms with Crippen molar-refractivity contribution in [2.45, 2.75) is 57.4 Å². The number of allylic oxidation sites excluding steroid dienone is 5. The Labute approximate surface area is 185 Å². The Hall–Kier alpha value is -2.05. The van der Waals surface area contributed by atoms with E-state index in [1.54, 1.807) is 0 Å². The quantitative estimate of drug-likeness (QED) is 0.565.